The fourth-order valence-electron chi connectivity index (χ4n) is 1.76. The molecule has 0 fully saturated rings. The van der Waals surface area contributed by atoms with Gasteiger partial charge in [0.05, 0.1) is 5.69 Å². The summed E-state index contributed by atoms with van der Waals surface area (Å²) in [6.07, 6.45) is 0.984. The van der Waals surface area contributed by atoms with E-state index in [1.54, 1.807) is 4.68 Å². The second kappa shape index (κ2) is 5.69. The molecule has 1 rings (SSSR count). The van der Waals surface area contributed by atoms with Gasteiger partial charge in [0.25, 0.3) is 0 Å². The predicted molar refractivity (Wildman–Crippen MR) is 69.0 cm³/mol. The third-order valence-corrected chi connectivity index (χ3v) is 3.17. The maximum absolute atomic E-state index is 6.20. The lowest BCUT2D eigenvalue weighted by atomic mass is 10.0. The minimum Gasteiger partial charge on any atom is -0.314 e. The predicted octanol–water partition coefficient (Wildman–Crippen LogP) is 2.56. The van der Waals surface area contributed by atoms with Gasteiger partial charge >= 0.3 is 0 Å². The zero-order chi connectivity index (χ0) is 12.3. The normalized spacial score (nSPS) is 13.4. The van der Waals surface area contributed by atoms with Crippen molar-refractivity contribution >= 4 is 11.6 Å². The number of halogens is 1. The first-order chi connectivity index (χ1) is 7.41. The van der Waals surface area contributed by atoms with Gasteiger partial charge in [0.2, 0.25) is 0 Å². The van der Waals surface area contributed by atoms with Gasteiger partial charge in [-0.2, -0.15) is 5.10 Å². The van der Waals surface area contributed by atoms with Crippen molar-refractivity contribution in [2.45, 2.75) is 40.2 Å². The van der Waals surface area contributed by atoms with E-state index in [0.717, 1.165) is 23.8 Å². The minimum atomic E-state index is 0.535. The molecule has 0 saturated carbocycles. The Hall–Kier alpha value is -0.540. The minimum absolute atomic E-state index is 0.535. The molecule has 1 heterocycles. The first-order valence-corrected chi connectivity index (χ1v) is 6.21. The molecule has 1 aromatic rings. The molecule has 1 unspecified atom stereocenters. The summed E-state index contributed by atoms with van der Waals surface area (Å²) >= 11 is 6.20. The summed E-state index contributed by atoms with van der Waals surface area (Å²) < 4.78 is 1.74. The summed E-state index contributed by atoms with van der Waals surface area (Å²) in [5.41, 5.74) is 2.23. The molecule has 0 amide bonds. The smallest absolute Gasteiger partial charge is 0.130 e. The van der Waals surface area contributed by atoms with Crippen molar-refractivity contribution in [3.05, 3.63) is 16.4 Å². The highest BCUT2D eigenvalue weighted by atomic mass is 35.5. The third-order valence-electron chi connectivity index (χ3n) is 2.70. The van der Waals surface area contributed by atoms with Crippen LogP contribution in [0.2, 0.25) is 5.15 Å². The zero-order valence-corrected chi connectivity index (χ0v) is 11.6. The lowest BCUT2D eigenvalue weighted by molar-refractivity contribution is 0.475. The van der Waals surface area contributed by atoms with E-state index >= 15 is 0 Å². The highest BCUT2D eigenvalue weighted by Crippen LogP contribution is 2.21. The van der Waals surface area contributed by atoms with Gasteiger partial charge in [-0.05, 0) is 25.8 Å². The Labute approximate surface area is 103 Å². The number of rotatable bonds is 5. The van der Waals surface area contributed by atoms with Crippen LogP contribution in [0.15, 0.2) is 0 Å². The highest BCUT2D eigenvalue weighted by molar-refractivity contribution is 6.30. The van der Waals surface area contributed by atoms with Gasteiger partial charge < -0.3 is 5.32 Å². The number of hydrogen-bond donors (Lipinski definition) is 1. The van der Waals surface area contributed by atoms with E-state index < -0.39 is 0 Å². The number of aryl methyl sites for hydroxylation is 2. The Morgan fingerprint density at radius 2 is 2.00 bits per heavy atom. The van der Waals surface area contributed by atoms with E-state index in [9.17, 15) is 0 Å². The van der Waals surface area contributed by atoms with Crippen LogP contribution in [0, 0.1) is 12.8 Å². The molecule has 1 N–H and O–H groups in total. The Kier molecular flexibility index (Phi) is 4.81. The van der Waals surface area contributed by atoms with Gasteiger partial charge in [-0.3, -0.25) is 4.68 Å². The number of hydrogen-bond acceptors (Lipinski definition) is 2. The molecule has 0 saturated heterocycles. The van der Waals surface area contributed by atoms with Gasteiger partial charge in [-0.15, -0.1) is 0 Å². The van der Waals surface area contributed by atoms with Crippen molar-refractivity contribution in [3.63, 3.8) is 0 Å². The Morgan fingerprint density at radius 1 is 1.38 bits per heavy atom. The van der Waals surface area contributed by atoms with Crippen LogP contribution >= 0.6 is 11.6 Å². The van der Waals surface area contributed by atoms with Gasteiger partial charge in [0.15, 0.2) is 0 Å². The average molecular weight is 244 g/mol. The molecule has 92 valence electrons. The van der Waals surface area contributed by atoms with Gasteiger partial charge in [0, 0.05) is 18.7 Å². The van der Waals surface area contributed by atoms with Crippen LogP contribution in [-0.2, 0) is 13.5 Å². The molecule has 0 aliphatic carbocycles. The van der Waals surface area contributed by atoms with Gasteiger partial charge in [-0.1, -0.05) is 32.4 Å². The fraction of sp³-hybridized carbons (Fsp3) is 0.750. The molecule has 16 heavy (non-hydrogen) atoms. The molecule has 1 aromatic heterocycles. The van der Waals surface area contributed by atoms with E-state index in [1.165, 1.54) is 5.56 Å². The lowest BCUT2D eigenvalue weighted by Crippen LogP contribution is -2.28. The first-order valence-electron chi connectivity index (χ1n) is 5.83. The van der Waals surface area contributed by atoms with Crippen molar-refractivity contribution < 1.29 is 0 Å². The quantitative estimate of drug-likeness (QED) is 0.862. The molecule has 0 radical (unpaired) electrons. The van der Waals surface area contributed by atoms with E-state index in [2.05, 4.69) is 31.2 Å². The fourth-order valence-corrected chi connectivity index (χ4v) is 2.01. The Balaban J connectivity index is 2.59. The van der Waals surface area contributed by atoms with Gasteiger partial charge in [0.1, 0.15) is 5.15 Å². The molecule has 0 aliphatic rings. The molecule has 0 aliphatic heterocycles. The van der Waals surface area contributed by atoms with Crippen LogP contribution in [0.1, 0.15) is 32.0 Å². The topological polar surface area (TPSA) is 29.9 Å². The summed E-state index contributed by atoms with van der Waals surface area (Å²) in [6.45, 7) is 9.59. The van der Waals surface area contributed by atoms with Crippen LogP contribution in [0.3, 0.4) is 0 Å². The number of nitrogens with zero attached hydrogens (tertiary/aromatic N) is 2. The van der Waals surface area contributed by atoms with Crippen LogP contribution < -0.4 is 5.32 Å². The van der Waals surface area contributed by atoms with Crippen LogP contribution in [0.5, 0.6) is 0 Å². The van der Waals surface area contributed by atoms with Crippen LogP contribution in [0.4, 0.5) is 0 Å². The third kappa shape index (κ3) is 3.49. The van der Waals surface area contributed by atoms with Crippen LogP contribution in [-0.4, -0.2) is 22.4 Å². The van der Waals surface area contributed by atoms with Gasteiger partial charge in [-0.25, -0.2) is 0 Å². The van der Waals surface area contributed by atoms with E-state index in [0.29, 0.717) is 12.0 Å². The van der Waals surface area contributed by atoms with Crippen molar-refractivity contribution in [1.29, 1.82) is 0 Å². The van der Waals surface area contributed by atoms with Crippen molar-refractivity contribution in [3.8, 4) is 0 Å². The first kappa shape index (κ1) is 13.5. The van der Waals surface area contributed by atoms with E-state index in [1.807, 2.05) is 14.0 Å². The second-order valence-electron chi connectivity index (χ2n) is 4.85. The van der Waals surface area contributed by atoms with E-state index in [4.69, 9.17) is 11.6 Å². The maximum Gasteiger partial charge on any atom is 0.130 e. The van der Waals surface area contributed by atoms with Crippen molar-refractivity contribution in [1.82, 2.24) is 15.1 Å². The molecule has 4 heteroatoms. The molecule has 0 bridgehead atoms. The largest absolute Gasteiger partial charge is 0.314 e. The Bertz CT molecular complexity index is 344. The zero-order valence-electron chi connectivity index (χ0n) is 10.8. The molecule has 0 spiro atoms. The maximum atomic E-state index is 6.20. The Morgan fingerprint density at radius 3 is 2.44 bits per heavy atom. The second-order valence-corrected chi connectivity index (χ2v) is 5.21. The van der Waals surface area contributed by atoms with Crippen molar-refractivity contribution in [2.24, 2.45) is 13.0 Å². The average Bonchev–Trinajstić information content (AvgIpc) is 2.42. The molecular weight excluding hydrogens is 222 g/mol. The standard InChI is InChI=1S/C12H22ClN3/c1-8(2)14-7-9(3)6-11-10(4)15-16(5)12(11)13/h8-9,14H,6-7H2,1-5H3. The summed E-state index contributed by atoms with van der Waals surface area (Å²) in [6, 6.07) is 0.535. The number of aromatic nitrogens is 2. The summed E-state index contributed by atoms with van der Waals surface area (Å²) in [4.78, 5) is 0. The molecule has 3 nitrogen and oxygen atoms in total. The molecule has 1 atom stereocenters. The van der Waals surface area contributed by atoms with E-state index in [-0.39, 0.29) is 0 Å². The van der Waals surface area contributed by atoms with Crippen molar-refractivity contribution in [2.75, 3.05) is 6.54 Å². The monoisotopic (exact) mass is 243 g/mol. The highest BCUT2D eigenvalue weighted by Gasteiger charge is 2.14. The molecule has 0 aromatic carbocycles. The molecular formula is C12H22ClN3. The SMILES string of the molecule is Cc1nn(C)c(Cl)c1CC(C)CNC(C)C. The lowest BCUT2D eigenvalue weighted by Gasteiger charge is -2.14. The number of nitrogens with one attached hydrogen (secondary N) is 1. The summed E-state index contributed by atoms with van der Waals surface area (Å²) in [7, 11) is 1.88. The summed E-state index contributed by atoms with van der Waals surface area (Å²) in [5.74, 6) is 0.572. The van der Waals surface area contributed by atoms with Crippen LogP contribution in [0.25, 0.3) is 0 Å². The summed E-state index contributed by atoms with van der Waals surface area (Å²) in [5, 5.41) is 8.54.